The van der Waals surface area contributed by atoms with Gasteiger partial charge >= 0.3 is 0 Å². The van der Waals surface area contributed by atoms with Crippen molar-refractivity contribution in [2.24, 2.45) is 0 Å². The second kappa shape index (κ2) is 2.89. The molecule has 2 nitrogen and oxygen atoms in total. The van der Waals surface area contributed by atoms with Gasteiger partial charge < -0.3 is 5.11 Å². The molecule has 0 aromatic heterocycles. The van der Waals surface area contributed by atoms with Gasteiger partial charge in [-0.05, 0) is 26.7 Å². The Morgan fingerprint density at radius 1 is 1.40 bits per heavy atom. The van der Waals surface area contributed by atoms with E-state index in [0.717, 1.165) is 0 Å². The molecule has 1 fully saturated rings. The molecule has 0 aliphatic heterocycles. The maximum absolute atomic E-state index is 9.07. The third kappa shape index (κ3) is 1.96. The molecule has 2 heteroatoms. The molecule has 1 aliphatic carbocycles. The molecule has 0 bridgehead atoms. The lowest BCUT2D eigenvalue weighted by Gasteiger charge is -2.27. The van der Waals surface area contributed by atoms with Gasteiger partial charge in [0.1, 0.15) is 6.23 Å². The average Bonchev–Trinajstić information content (AvgIpc) is 2.12. The van der Waals surface area contributed by atoms with Crippen LogP contribution in [-0.2, 0) is 0 Å². The zero-order valence-electron chi connectivity index (χ0n) is 6.85. The van der Waals surface area contributed by atoms with Gasteiger partial charge in [0.15, 0.2) is 0 Å². The minimum Gasteiger partial charge on any atom is -0.379 e. The van der Waals surface area contributed by atoms with Gasteiger partial charge in [-0.2, -0.15) is 0 Å². The van der Waals surface area contributed by atoms with Crippen LogP contribution in [0.1, 0.15) is 39.5 Å². The quantitative estimate of drug-likeness (QED) is 0.570. The molecule has 1 saturated carbocycles. The van der Waals surface area contributed by atoms with E-state index < -0.39 is 0 Å². The fourth-order valence-electron chi connectivity index (χ4n) is 1.80. The Kier molecular flexibility index (Phi) is 2.32. The summed E-state index contributed by atoms with van der Waals surface area (Å²) >= 11 is 0. The summed E-state index contributed by atoms with van der Waals surface area (Å²) in [5.74, 6) is 0. The highest BCUT2D eigenvalue weighted by Crippen LogP contribution is 2.28. The Bertz CT molecular complexity index is 106. The van der Waals surface area contributed by atoms with Crippen molar-refractivity contribution in [3.8, 4) is 0 Å². The van der Waals surface area contributed by atoms with Crippen molar-refractivity contribution < 1.29 is 5.11 Å². The van der Waals surface area contributed by atoms with Crippen LogP contribution >= 0.6 is 0 Å². The molecule has 1 unspecified atom stereocenters. The van der Waals surface area contributed by atoms with Crippen molar-refractivity contribution in [3.05, 3.63) is 0 Å². The molecule has 1 rings (SSSR count). The largest absolute Gasteiger partial charge is 0.379 e. The van der Waals surface area contributed by atoms with E-state index in [-0.39, 0.29) is 11.8 Å². The first-order valence-corrected chi connectivity index (χ1v) is 4.08. The van der Waals surface area contributed by atoms with Crippen molar-refractivity contribution in [1.82, 2.24) is 5.32 Å². The minimum absolute atomic E-state index is 0.216. The summed E-state index contributed by atoms with van der Waals surface area (Å²) in [5.41, 5.74) is 0.216. The van der Waals surface area contributed by atoms with Crippen molar-refractivity contribution in [1.29, 1.82) is 0 Å². The van der Waals surface area contributed by atoms with Crippen molar-refractivity contribution in [3.63, 3.8) is 0 Å². The van der Waals surface area contributed by atoms with Crippen molar-refractivity contribution >= 4 is 0 Å². The maximum Gasteiger partial charge on any atom is 0.102 e. The van der Waals surface area contributed by atoms with Crippen LogP contribution in [0.2, 0.25) is 0 Å². The predicted molar refractivity (Wildman–Crippen MR) is 41.7 cm³/mol. The van der Waals surface area contributed by atoms with Gasteiger partial charge in [0, 0.05) is 5.54 Å². The summed E-state index contributed by atoms with van der Waals surface area (Å²) < 4.78 is 0. The second-order valence-electron chi connectivity index (χ2n) is 3.59. The molecule has 0 spiro atoms. The molecule has 2 N–H and O–H groups in total. The summed E-state index contributed by atoms with van der Waals surface area (Å²) in [5, 5.41) is 12.2. The molecular formula is C8H17NO. The summed E-state index contributed by atoms with van der Waals surface area (Å²) in [6.07, 6.45) is 4.66. The first kappa shape index (κ1) is 8.02. The van der Waals surface area contributed by atoms with E-state index in [0.29, 0.717) is 0 Å². The fourth-order valence-corrected chi connectivity index (χ4v) is 1.80. The van der Waals surface area contributed by atoms with Gasteiger partial charge in [-0.25, -0.2) is 0 Å². The summed E-state index contributed by atoms with van der Waals surface area (Å²) in [4.78, 5) is 0. The minimum atomic E-state index is -0.358. The van der Waals surface area contributed by atoms with Crippen LogP contribution in [-0.4, -0.2) is 16.9 Å². The third-order valence-electron chi connectivity index (χ3n) is 2.26. The smallest absolute Gasteiger partial charge is 0.102 e. The molecule has 0 saturated heterocycles. The Balaban J connectivity index is 2.36. The number of hydrogen-bond acceptors (Lipinski definition) is 2. The molecule has 10 heavy (non-hydrogen) atoms. The SMILES string of the molecule is CC(O)NC1(C)CCCC1. The third-order valence-corrected chi connectivity index (χ3v) is 2.26. The van der Waals surface area contributed by atoms with Crippen LogP contribution < -0.4 is 5.32 Å². The van der Waals surface area contributed by atoms with E-state index in [1.165, 1.54) is 25.7 Å². The Morgan fingerprint density at radius 2 is 1.90 bits per heavy atom. The molecule has 1 atom stereocenters. The maximum atomic E-state index is 9.07. The molecule has 1 aliphatic rings. The highest BCUT2D eigenvalue weighted by molar-refractivity contribution is 4.88. The molecule has 60 valence electrons. The lowest BCUT2D eigenvalue weighted by Crippen LogP contribution is -2.44. The van der Waals surface area contributed by atoms with E-state index in [1.807, 2.05) is 0 Å². The standard InChI is InChI=1S/C8H17NO/c1-7(10)9-8(2)5-3-4-6-8/h7,9-10H,3-6H2,1-2H3. The molecule has 0 aromatic carbocycles. The summed E-state index contributed by atoms with van der Waals surface area (Å²) in [7, 11) is 0. The van der Waals surface area contributed by atoms with E-state index in [2.05, 4.69) is 12.2 Å². The van der Waals surface area contributed by atoms with Crippen LogP contribution in [0.25, 0.3) is 0 Å². The van der Waals surface area contributed by atoms with Crippen molar-refractivity contribution in [2.45, 2.75) is 51.3 Å². The zero-order chi connectivity index (χ0) is 7.61. The number of aliphatic hydroxyl groups excluding tert-OH is 1. The van der Waals surface area contributed by atoms with Gasteiger partial charge in [0.2, 0.25) is 0 Å². The summed E-state index contributed by atoms with van der Waals surface area (Å²) in [6, 6.07) is 0. The Hall–Kier alpha value is -0.0800. The highest BCUT2D eigenvalue weighted by Gasteiger charge is 2.28. The molecule has 0 aromatic rings. The molecule has 0 heterocycles. The van der Waals surface area contributed by atoms with E-state index in [1.54, 1.807) is 6.92 Å². The predicted octanol–water partition coefficient (Wildman–Crippen LogP) is 1.25. The van der Waals surface area contributed by atoms with Gasteiger partial charge in [-0.3, -0.25) is 5.32 Å². The van der Waals surface area contributed by atoms with E-state index >= 15 is 0 Å². The van der Waals surface area contributed by atoms with Crippen LogP contribution in [0.5, 0.6) is 0 Å². The summed E-state index contributed by atoms with van der Waals surface area (Å²) in [6.45, 7) is 3.97. The second-order valence-corrected chi connectivity index (χ2v) is 3.59. The molecule has 0 amide bonds. The Morgan fingerprint density at radius 3 is 2.30 bits per heavy atom. The van der Waals surface area contributed by atoms with Gasteiger partial charge in [-0.1, -0.05) is 12.8 Å². The topological polar surface area (TPSA) is 32.3 Å². The van der Waals surface area contributed by atoms with E-state index in [9.17, 15) is 0 Å². The van der Waals surface area contributed by atoms with Crippen LogP contribution in [0.15, 0.2) is 0 Å². The lowest BCUT2D eigenvalue weighted by molar-refractivity contribution is 0.114. The molecular weight excluding hydrogens is 126 g/mol. The van der Waals surface area contributed by atoms with Crippen LogP contribution in [0, 0.1) is 0 Å². The lowest BCUT2D eigenvalue weighted by atomic mass is 10.0. The van der Waals surface area contributed by atoms with Gasteiger partial charge in [0.05, 0.1) is 0 Å². The number of rotatable bonds is 2. The van der Waals surface area contributed by atoms with Crippen LogP contribution in [0.3, 0.4) is 0 Å². The average molecular weight is 143 g/mol. The first-order chi connectivity index (χ1) is 4.62. The monoisotopic (exact) mass is 143 g/mol. The number of hydrogen-bond donors (Lipinski definition) is 2. The van der Waals surface area contributed by atoms with Gasteiger partial charge in [-0.15, -0.1) is 0 Å². The van der Waals surface area contributed by atoms with Gasteiger partial charge in [0.25, 0.3) is 0 Å². The zero-order valence-corrected chi connectivity index (χ0v) is 6.85. The number of aliphatic hydroxyl groups is 1. The highest BCUT2D eigenvalue weighted by atomic mass is 16.3. The first-order valence-electron chi connectivity index (χ1n) is 4.08. The van der Waals surface area contributed by atoms with Crippen molar-refractivity contribution in [2.75, 3.05) is 0 Å². The number of nitrogens with one attached hydrogen (secondary N) is 1. The Labute approximate surface area is 62.6 Å². The van der Waals surface area contributed by atoms with E-state index in [4.69, 9.17) is 5.11 Å². The molecule has 0 radical (unpaired) electrons. The van der Waals surface area contributed by atoms with Crippen LogP contribution in [0.4, 0.5) is 0 Å². The normalized spacial score (nSPS) is 26.7. The fraction of sp³-hybridized carbons (Fsp3) is 1.00.